The first-order valence-corrected chi connectivity index (χ1v) is 7.04. The Bertz CT molecular complexity index is 415. The molecule has 1 rings (SSSR count). The number of halogens is 1. The van der Waals surface area contributed by atoms with E-state index in [0.29, 0.717) is 0 Å². The molecule has 0 radical (unpaired) electrons. The monoisotopic (exact) mass is 317 g/mol. The quantitative estimate of drug-likeness (QED) is 0.634. The van der Waals surface area contributed by atoms with Crippen molar-refractivity contribution in [2.24, 2.45) is 4.40 Å². The molecule has 0 spiro atoms. The normalized spacial score (nSPS) is 14.0. The third kappa shape index (κ3) is 4.33. The Morgan fingerprint density at radius 2 is 2.06 bits per heavy atom. The largest absolute Gasteiger partial charge is 0.591 e. The van der Waals surface area contributed by atoms with Gasteiger partial charge in [-0.05, 0) is 39.0 Å². The summed E-state index contributed by atoms with van der Waals surface area (Å²) in [7, 11) is 1.61. The Morgan fingerprint density at radius 3 is 2.59 bits per heavy atom. The first-order chi connectivity index (χ1) is 7.84. The molecule has 0 bridgehead atoms. The zero-order valence-corrected chi connectivity index (χ0v) is 12.8. The highest BCUT2D eigenvalue weighted by Crippen LogP contribution is 2.22. The molecule has 0 aliphatic heterocycles. The first kappa shape index (κ1) is 14.5. The van der Waals surface area contributed by atoms with Gasteiger partial charge in [0.15, 0.2) is 0 Å². The summed E-state index contributed by atoms with van der Waals surface area (Å²) in [6.45, 7) is 5.67. The number of rotatable bonds is 3. The lowest BCUT2D eigenvalue weighted by molar-refractivity contribution is 0.414. The highest BCUT2D eigenvalue weighted by atomic mass is 79.9. The summed E-state index contributed by atoms with van der Waals surface area (Å²) in [5.74, 6) is 0.746. The molecule has 0 saturated carbocycles. The van der Waals surface area contributed by atoms with Gasteiger partial charge in [0.05, 0.1) is 13.3 Å². The minimum atomic E-state index is -1.25. The standard InChI is InChI=1S/C12H16BrNO2S/c1-12(2,3)17(15)14-8-9-7-10(16-4)5-6-11(9)13/h5-8H,1-4H3. The van der Waals surface area contributed by atoms with E-state index in [0.717, 1.165) is 15.8 Å². The van der Waals surface area contributed by atoms with Gasteiger partial charge in [-0.2, -0.15) is 0 Å². The lowest BCUT2D eigenvalue weighted by Crippen LogP contribution is -2.25. The summed E-state index contributed by atoms with van der Waals surface area (Å²) in [4.78, 5) is 0. The van der Waals surface area contributed by atoms with Crippen LogP contribution >= 0.6 is 15.9 Å². The average molecular weight is 318 g/mol. The van der Waals surface area contributed by atoms with Crippen LogP contribution in [0.1, 0.15) is 26.3 Å². The van der Waals surface area contributed by atoms with Crippen LogP contribution in [0.5, 0.6) is 5.75 Å². The van der Waals surface area contributed by atoms with Crippen LogP contribution in [0.4, 0.5) is 0 Å². The Kier molecular flexibility index (Phi) is 5.04. The lowest BCUT2D eigenvalue weighted by Gasteiger charge is -2.17. The summed E-state index contributed by atoms with van der Waals surface area (Å²) >= 11 is 2.17. The molecule has 0 aliphatic carbocycles. The van der Waals surface area contributed by atoms with Gasteiger partial charge < -0.3 is 9.29 Å². The van der Waals surface area contributed by atoms with Crippen molar-refractivity contribution < 1.29 is 9.29 Å². The van der Waals surface area contributed by atoms with Crippen molar-refractivity contribution in [3.8, 4) is 5.75 Å². The topological polar surface area (TPSA) is 44.6 Å². The molecule has 1 atom stereocenters. The van der Waals surface area contributed by atoms with E-state index in [-0.39, 0.29) is 4.75 Å². The van der Waals surface area contributed by atoms with Gasteiger partial charge >= 0.3 is 0 Å². The van der Waals surface area contributed by atoms with Crippen molar-refractivity contribution in [2.45, 2.75) is 25.5 Å². The Labute approximate surface area is 114 Å². The van der Waals surface area contributed by atoms with Crippen molar-refractivity contribution in [1.82, 2.24) is 0 Å². The third-order valence-corrected chi connectivity index (χ3v) is 4.08. The van der Waals surface area contributed by atoms with Gasteiger partial charge in [0.2, 0.25) is 0 Å². The zero-order valence-electron chi connectivity index (χ0n) is 10.4. The second kappa shape index (κ2) is 5.89. The van der Waals surface area contributed by atoms with Crippen LogP contribution in [0.15, 0.2) is 27.1 Å². The SMILES string of the molecule is COc1ccc(Br)c(C=N[S+]([O-])C(C)(C)C)c1. The van der Waals surface area contributed by atoms with Crippen LogP contribution in [0.3, 0.4) is 0 Å². The van der Waals surface area contributed by atoms with Crippen molar-refractivity contribution in [3.05, 3.63) is 28.2 Å². The zero-order chi connectivity index (χ0) is 13.1. The van der Waals surface area contributed by atoms with Crippen molar-refractivity contribution in [2.75, 3.05) is 7.11 Å². The smallest absolute Gasteiger partial charge is 0.144 e. The fraction of sp³-hybridized carbons (Fsp3) is 0.417. The number of hydrogen-bond donors (Lipinski definition) is 0. The molecule has 1 unspecified atom stereocenters. The molecule has 0 aromatic heterocycles. The second-order valence-electron chi connectivity index (χ2n) is 4.48. The van der Waals surface area contributed by atoms with Crippen molar-refractivity contribution in [3.63, 3.8) is 0 Å². The summed E-state index contributed by atoms with van der Waals surface area (Å²) in [5, 5.41) is 0. The average Bonchev–Trinajstić information content (AvgIpc) is 2.26. The fourth-order valence-electron chi connectivity index (χ4n) is 1.01. The van der Waals surface area contributed by atoms with Gasteiger partial charge in [-0.25, -0.2) is 0 Å². The molecule has 1 aromatic rings. The van der Waals surface area contributed by atoms with Gasteiger partial charge in [-0.1, -0.05) is 20.3 Å². The molecule has 0 aliphatic rings. The van der Waals surface area contributed by atoms with Crippen molar-refractivity contribution >= 4 is 33.5 Å². The number of benzene rings is 1. The van der Waals surface area contributed by atoms with E-state index < -0.39 is 11.4 Å². The van der Waals surface area contributed by atoms with Crippen LogP contribution < -0.4 is 4.74 Å². The molecule has 0 amide bonds. The predicted molar refractivity (Wildman–Crippen MR) is 76.2 cm³/mol. The van der Waals surface area contributed by atoms with E-state index in [1.165, 1.54) is 0 Å². The van der Waals surface area contributed by atoms with Gasteiger partial charge in [-0.15, -0.1) is 0 Å². The van der Waals surface area contributed by atoms with Gasteiger partial charge in [-0.3, -0.25) is 0 Å². The molecule has 1 aromatic carbocycles. The number of nitrogens with zero attached hydrogens (tertiary/aromatic N) is 1. The molecule has 0 N–H and O–H groups in total. The predicted octanol–water partition coefficient (Wildman–Crippen LogP) is 3.34. The number of hydrogen-bond acceptors (Lipinski definition) is 3. The molecule has 5 heteroatoms. The molecule has 3 nitrogen and oxygen atoms in total. The van der Waals surface area contributed by atoms with E-state index in [4.69, 9.17) is 4.74 Å². The number of ether oxygens (including phenoxy) is 1. The van der Waals surface area contributed by atoms with Crippen LogP contribution in [0.25, 0.3) is 0 Å². The van der Waals surface area contributed by atoms with Crippen LogP contribution in [0.2, 0.25) is 0 Å². The molecule has 0 fully saturated rings. The Morgan fingerprint density at radius 1 is 1.41 bits per heavy atom. The minimum Gasteiger partial charge on any atom is -0.591 e. The lowest BCUT2D eigenvalue weighted by atomic mass is 10.2. The van der Waals surface area contributed by atoms with Gasteiger partial charge in [0, 0.05) is 10.0 Å². The Balaban J connectivity index is 2.91. The Hall–Kier alpha value is -0.520. The number of methoxy groups -OCH3 is 1. The molecule has 17 heavy (non-hydrogen) atoms. The van der Waals surface area contributed by atoms with E-state index in [1.807, 2.05) is 39.0 Å². The maximum atomic E-state index is 11.8. The molecule has 0 heterocycles. The van der Waals surface area contributed by atoms with E-state index in [2.05, 4.69) is 20.3 Å². The van der Waals surface area contributed by atoms with E-state index in [9.17, 15) is 4.55 Å². The van der Waals surface area contributed by atoms with E-state index in [1.54, 1.807) is 13.3 Å². The van der Waals surface area contributed by atoms with Crippen molar-refractivity contribution in [1.29, 1.82) is 0 Å². The fourth-order valence-corrected chi connectivity index (χ4v) is 1.89. The van der Waals surface area contributed by atoms with Gasteiger partial charge in [0.25, 0.3) is 0 Å². The maximum absolute atomic E-state index is 11.8. The van der Waals surface area contributed by atoms with Gasteiger partial charge in [0.1, 0.15) is 21.9 Å². The van der Waals surface area contributed by atoms with E-state index >= 15 is 0 Å². The summed E-state index contributed by atoms with van der Waals surface area (Å²) in [5.41, 5.74) is 0.849. The van der Waals surface area contributed by atoms with Crippen LogP contribution in [-0.2, 0) is 11.4 Å². The minimum absolute atomic E-state index is 0.345. The molecule has 0 saturated heterocycles. The highest BCUT2D eigenvalue weighted by molar-refractivity contribution is 9.10. The molecular formula is C12H16BrNO2S. The summed E-state index contributed by atoms with van der Waals surface area (Å²) in [6.07, 6.45) is 1.61. The maximum Gasteiger partial charge on any atom is 0.144 e. The third-order valence-electron chi connectivity index (χ3n) is 2.01. The van der Waals surface area contributed by atoms with Crippen LogP contribution in [0, 0.1) is 0 Å². The summed E-state index contributed by atoms with van der Waals surface area (Å²) < 4.78 is 21.5. The van der Waals surface area contributed by atoms with Crippen LogP contribution in [-0.4, -0.2) is 22.6 Å². The highest BCUT2D eigenvalue weighted by Gasteiger charge is 2.25. The second-order valence-corrected chi connectivity index (χ2v) is 7.27. The molecule has 94 valence electrons. The summed E-state index contributed by atoms with van der Waals surface area (Å²) in [6, 6.07) is 5.57. The first-order valence-electron chi connectivity index (χ1n) is 5.14. The molecular weight excluding hydrogens is 302 g/mol.